The molecule has 18 heavy (non-hydrogen) atoms. The lowest BCUT2D eigenvalue weighted by Crippen LogP contribution is -2.32. The van der Waals surface area contributed by atoms with Crippen molar-refractivity contribution in [3.05, 3.63) is 35.9 Å². The Labute approximate surface area is 107 Å². The van der Waals surface area contributed by atoms with Gasteiger partial charge < -0.3 is 9.47 Å². The molecule has 1 aromatic carbocycles. The minimum Gasteiger partial charge on any atom is -0.468 e. The largest absolute Gasteiger partial charge is 0.468 e. The molecular formula is C14H18O4. The molecule has 0 heterocycles. The molecule has 1 rings (SSSR count). The van der Waals surface area contributed by atoms with Gasteiger partial charge >= 0.3 is 11.9 Å². The minimum atomic E-state index is -0.910. The maximum Gasteiger partial charge on any atom is 0.320 e. The van der Waals surface area contributed by atoms with E-state index in [1.165, 1.54) is 14.2 Å². The van der Waals surface area contributed by atoms with Crippen LogP contribution in [0.2, 0.25) is 0 Å². The van der Waals surface area contributed by atoms with E-state index in [9.17, 15) is 9.59 Å². The highest BCUT2D eigenvalue weighted by molar-refractivity contribution is 5.96. The first-order valence-corrected chi connectivity index (χ1v) is 5.86. The predicted molar refractivity (Wildman–Crippen MR) is 67.0 cm³/mol. The first-order chi connectivity index (χ1) is 8.65. The summed E-state index contributed by atoms with van der Waals surface area (Å²) in [4.78, 5) is 23.5. The summed E-state index contributed by atoms with van der Waals surface area (Å²) in [6.45, 7) is 1.93. The molecule has 0 saturated carbocycles. The number of esters is 2. The molecule has 0 aliphatic heterocycles. The van der Waals surface area contributed by atoms with Crippen molar-refractivity contribution in [2.45, 2.75) is 19.3 Å². The molecule has 0 aromatic heterocycles. The van der Waals surface area contributed by atoms with E-state index in [4.69, 9.17) is 9.47 Å². The van der Waals surface area contributed by atoms with Crippen molar-refractivity contribution in [2.75, 3.05) is 14.2 Å². The van der Waals surface area contributed by atoms with Crippen LogP contribution in [-0.4, -0.2) is 26.2 Å². The van der Waals surface area contributed by atoms with E-state index < -0.39 is 17.9 Å². The summed E-state index contributed by atoms with van der Waals surface area (Å²) in [5, 5.41) is 0. The predicted octanol–water partition coefficient (Wildman–Crippen LogP) is 2.14. The minimum absolute atomic E-state index is 0.230. The Kier molecular flexibility index (Phi) is 5.36. The van der Waals surface area contributed by atoms with Gasteiger partial charge in [-0.2, -0.15) is 0 Å². The van der Waals surface area contributed by atoms with Gasteiger partial charge in [-0.15, -0.1) is 0 Å². The molecule has 0 bridgehead atoms. The Morgan fingerprint density at radius 1 is 1.06 bits per heavy atom. The maximum absolute atomic E-state index is 11.8. The Balaban J connectivity index is 3.09. The molecule has 0 N–H and O–H groups in total. The fourth-order valence-corrected chi connectivity index (χ4v) is 2.04. The third-order valence-corrected chi connectivity index (χ3v) is 2.98. The average molecular weight is 250 g/mol. The molecule has 0 fully saturated rings. The number of rotatable bonds is 5. The van der Waals surface area contributed by atoms with E-state index in [0.29, 0.717) is 6.42 Å². The van der Waals surface area contributed by atoms with Gasteiger partial charge in [0.2, 0.25) is 0 Å². The second-order valence-electron chi connectivity index (χ2n) is 3.95. The molecule has 4 heteroatoms. The summed E-state index contributed by atoms with van der Waals surface area (Å²) in [6, 6.07) is 9.44. The van der Waals surface area contributed by atoms with E-state index in [0.717, 1.165) is 5.56 Å². The smallest absolute Gasteiger partial charge is 0.320 e. The molecule has 0 radical (unpaired) electrons. The van der Waals surface area contributed by atoms with E-state index in [1.54, 1.807) is 0 Å². The molecule has 0 aliphatic carbocycles. The van der Waals surface area contributed by atoms with Gasteiger partial charge in [0, 0.05) is 5.92 Å². The number of benzene rings is 1. The summed E-state index contributed by atoms with van der Waals surface area (Å²) in [5.74, 6) is -2.26. The molecule has 1 aromatic rings. The third-order valence-electron chi connectivity index (χ3n) is 2.98. The molecule has 98 valence electrons. The zero-order chi connectivity index (χ0) is 13.5. The molecule has 0 saturated heterocycles. The number of hydrogen-bond donors (Lipinski definition) is 0. The molecule has 4 nitrogen and oxygen atoms in total. The van der Waals surface area contributed by atoms with Crippen molar-refractivity contribution in [2.24, 2.45) is 5.92 Å². The molecular weight excluding hydrogens is 232 g/mol. The van der Waals surface area contributed by atoms with Crippen LogP contribution < -0.4 is 0 Å². The molecule has 1 unspecified atom stereocenters. The quantitative estimate of drug-likeness (QED) is 0.593. The summed E-state index contributed by atoms with van der Waals surface area (Å²) >= 11 is 0. The first kappa shape index (κ1) is 14.2. The summed E-state index contributed by atoms with van der Waals surface area (Å²) in [5.41, 5.74) is 0.931. The lowest BCUT2D eigenvalue weighted by molar-refractivity contribution is -0.160. The Hall–Kier alpha value is -1.84. The van der Waals surface area contributed by atoms with Gasteiger partial charge in [0.05, 0.1) is 14.2 Å². The molecule has 0 spiro atoms. The molecule has 1 atom stereocenters. The van der Waals surface area contributed by atoms with Crippen molar-refractivity contribution < 1.29 is 19.1 Å². The zero-order valence-corrected chi connectivity index (χ0v) is 10.9. The van der Waals surface area contributed by atoms with E-state index in [-0.39, 0.29) is 5.92 Å². The Morgan fingerprint density at radius 2 is 1.56 bits per heavy atom. The Bertz CT molecular complexity index is 384. The second-order valence-corrected chi connectivity index (χ2v) is 3.95. The summed E-state index contributed by atoms with van der Waals surface area (Å²) < 4.78 is 9.40. The number of hydrogen-bond acceptors (Lipinski definition) is 4. The van der Waals surface area contributed by atoms with Crippen LogP contribution in [0.1, 0.15) is 24.8 Å². The third kappa shape index (κ3) is 3.09. The van der Waals surface area contributed by atoms with Crippen LogP contribution in [-0.2, 0) is 19.1 Å². The van der Waals surface area contributed by atoms with Crippen LogP contribution in [0.5, 0.6) is 0 Å². The van der Waals surface area contributed by atoms with Crippen LogP contribution in [0.15, 0.2) is 30.3 Å². The van der Waals surface area contributed by atoms with Crippen molar-refractivity contribution in [3.8, 4) is 0 Å². The van der Waals surface area contributed by atoms with Crippen LogP contribution in [0, 0.1) is 5.92 Å². The number of ether oxygens (including phenoxy) is 2. The lowest BCUT2D eigenvalue weighted by Gasteiger charge is -2.22. The standard InChI is InChI=1S/C14H18O4/c1-4-11(10-8-6-5-7-9-10)12(13(15)17-2)14(16)18-3/h5-9,11-12H,4H2,1-3H3. The number of carbonyl (C=O) groups excluding carboxylic acids is 2. The van der Waals surface area contributed by atoms with Crippen molar-refractivity contribution >= 4 is 11.9 Å². The topological polar surface area (TPSA) is 52.6 Å². The van der Waals surface area contributed by atoms with E-state index in [2.05, 4.69) is 0 Å². The van der Waals surface area contributed by atoms with Crippen molar-refractivity contribution in [1.29, 1.82) is 0 Å². The van der Waals surface area contributed by atoms with Gasteiger partial charge in [-0.05, 0) is 12.0 Å². The van der Waals surface area contributed by atoms with E-state index in [1.807, 2.05) is 37.3 Å². The van der Waals surface area contributed by atoms with Crippen molar-refractivity contribution in [3.63, 3.8) is 0 Å². The first-order valence-electron chi connectivity index (χ1n) is 5.86. The second kappa shape index (κ2) is 6.79. The highest BCUT2D eigenvalue weighted by Gasteiger charge is 2.36. The normalized spacial score (nSPS) is 12.0. The summed E-state index contributed by atoms with van der Waals surface area (Å²) in [6.07, 6.45) is 0.652. The molecule has 0 aliphatic rings. The lowest BCUT2D eigenvalue weighted by atomic mass is 9.84. The number of methoxy groups -OCH3 is 2. The van der Waals surface area contributed by atoms with Gasteiger partial charge in [-0.25, -0.2) is 0 Å². The van der Waals surface area contributed by atoms with Crippen LogP contribution in [0.4, 0.5) is 0 Å². The van der Waals surface area contributed by atoms with Crippen LogP contribution in [0.3, 0.4) is 0 Å². The average Bonchev–Trinajstić information content (AvgIpc) is 2.44. The van der Waals surface area contributed by atoms with Crippen LogP contribution >= 0.6 is 0 Å². The molecule has 0 amide bonds. The number of carbonyl (C=O) groups is 2. The fraction of sp³-hybridized carbons (Fsp3) is 0.429. The highest BCUT2D eigenvalue weighted by Crippen LogP contribution is 2.29. The fourth-order valence-electron chi connectivity index (χ4n) is 2.04. The highest BCUT2D eigenvalue weighted by atomic mass is 16.5. The van der Waals surface area contributed by atoms with E-state index >= 15 is 0 Å². The van der Waals surface area contributed by atoms with Crippen molar-refractivity contribution in [1.82, 2.24) is 0 Å². The Morgan fingerprint density at radius 3 is 1.94 bits per heavy atom. The van der Waals surface area contributed by atoms with Gasteiger partial charge in [-0.1, -0.05) is 37.3 Å². The monoisotopic (exact) mass is 250 g/mol. The zero-order valence-electron chi connectivity index (χ0n) is 10.9. The SMILES string of the molecule is CCC(c1ccccc1)C(C(=O)OC)C(=O)OC. The van der Waals surface area contributed by atoms with Gasteiger partial charge in [0.1, 0.15) is 0 Å². The summed E-state index contributed by atoms with van der Waals surface area (Å²) in [7, 11) is 2.55. The van der Waals surface area contributed by atoms with Crippen LogP contribution in [0.25, 0.3) is 0 Å². The van der Waals surface area contributed by atoms with Gasteiger partial charge in [0.15, 0.2) is 5.92 Å². The van der Waals surface area contributed by atoms with Gasteiger partial charge in [-0.3, -0.25) is 9.59 Å². The maximum atomic E-state index is 11.8. The van der Waals surface area contributed by atoms with Gasteiger partial charge in [0.25, 0.3) is 0 Å².